The minimum Gasteiger partial charge on any atom is -0.325 e. The van der Waals surface area contributed by atoms with Crippen LogP contribution in [0.25, 0.3) is 0 Å². The van der Waals surface area contributed by atoms with E-state index in [1.165, 1.54) is 17.8 Å². The smallest absolute Gasteiger partial charge is 0.234 e. The third-order valence-corrected chi connectivity index (χ3v) is 7.18. The minimum atomic E-state index is -3.04. The molecule has 1 saturated heterocycles. The predicted octanol–water partition coefficient (Wildman–Crippen LogP) is 2.54. The number of anilines is 1. The van der Waals surface area contributed by atoms with E-state index in [1.807, 2.05) is 0 Å². The Morgan fingerprint density at radius 2 is 2.25 bits per heavy atom. The summed E-state index contributed by atoms with van der Waals surface area (Å²) in [6, 6.07) is 4.51. The van der Waals surface area contributed by atoms with Gasteiger partial charge in [-0.2, -0.15) is 0 Å². The molecule has 1 aliphatic heterocycles. The van der Waals surface area contributed by atoms with Crippen LogP contribution in [0.2, 0.25) is 0 Å². The number of hydrogen-bond donors (Lipinski definition) is 1. The van der Waals surface area contributed by atoms with Gasteiger partial charge in [0.2, 0.25) is 5.91 Å². The minimum absolute atomic E-state index is 0.0619. The van der Waals surface area contributed by atoms with E-state index in [0.717, 1.165) is 0 Å². The lowest BCUT2D eigenvalue weighted by atomic mass is 10.1. The van der Waals surface area contributed by atoms with Crippen LogP contribution in [0.5, 0.6) is 0 Å². The molecule has 28 heavy (non-hydrogen) atoms. The zero-order chi connectivity index (χ0) is 20.3. The van der Waals surface area contributed by atoms with Gasteiger partial charge in [-0.05, 0) is 31.0 Å². The Bertz CT molecular complexity index is 1000. The molecule has 1 aromatic heterocycles. The molecular formula is C18H21FN4O3S2. The number of halogens is 1. The van der Waals surface area contributed by atoms with Crippen LogP contribution < -0.4 is 5.32 Å². The fraction of sp³-hybridized carbons (Fsp3) is 0.389. The van der Waals surface area contributed by atoms with Crippen LogP contribution in [0.3, 0.4) is 0 Å². The summed E-state index contributed by atoms with van der Waals surface area (Å²) in [6.07, 6.45) is 2.19. The van der Waals surface area contributed by atoms with Crippen molar-refractivity contribution in [1.82, 2.24) is 14.8 Å². The van der Waals surface area contributed by atoms with Crippen molar-refractivity contribution < 1.29 is 17.6 Å². The molecule has 7 nitrogen and oxygen atoms in total. The molecule has 0 unspecified atom stereocenters. The maximum absolute atomic E-state index is 13.6. The number of carbonyl (C=O) groups is 1. The lowest BCUT2D eigenvalue weighted by molar-refractivity contribution is -0.113. The second-order valence-electron chi connectivity index (χ2n) is 6.64. The van der Waals surface area contributed by atoms with Crippen molar-refractivity contribution in [2.45, 2.75) is 31.0 Å². The first-order valence-corrected chi connectivity index (χ1v) is 11.5. The second kappa shape index (κ2) is 8.44. The number of aromatic nitrogens is 3. The summed E-state index contributed by atoms with van der Waals surface area (Å²) in [7, 11) is -3.04. The molecule has 1 N–H and O–H groups in total. The Labute approximate surface area is 167 Å². The number of allylic oxidation sites excluding steroid dienone is 1. The highest BCUT2D eigenvalue weighted by Gasteiger charge is 2.33. The van der Waals surface area contributed by atoms with E-state index in [2.05, 4.69) is 22.1 Å². The Morgan fingerprint density at radius 3 is 2.89 bits per heavy atom. The Kier molecular flexibility index (Phi) is 6.19. The third-order valence-electron chi connectivity index (χ3n) is 4.44. The molecule has 2 aromatic rings. The van der Waals surface area contributed by atoms with E-state index in [9.17, 15) is 17.6 Å². The lowest BCUT2D eigenvalue weighted by Gasteiger charge is -2.11. The number of aryl methyl sites for hydroxylation is 1. The molecule has 3 rings (SSSR count). The van der Waals surface area contributed by atoms with E-state index in [1.54, 1.807) is 29.7 Å². The molecule has 1 amide bonds. The SMILES string of the molecule is C=CCn1c(SCC(=O)Nc2ccc(C)c(F)c2)nnc1[C@H]1CCS(=O)(=O)C1. The Hall–Kier alpha value is -2.20. The van der Waals surface area contributed by atoms with Gasteiger partial charge in [-0.25, -0.2) is 12.8 Å². The van der Waals surface area contributed by atoms with Crippen molar-refractivity contribution in [3.63, 3.8) is 0 Å². The number of thioether (sulfide) groups is 1. The summed E-state index contributed by atoms with van der Waals surface area (Å²) in [5.74, 6) is -0.00378. The Morgan fingerprint density at radius 1 is 1.46 bits per heavy atom. The van der Waals surface area contributed by atoms with Gasteiger partial charge in [0.15, 0.2) is 15.0 Å². The molecule has 0 spiro atoms. The molecule has 0 aliphatic carbocycles. The lowest BCUT2D eigenvalue weighted by Crippen LogP contribution is -2.15. The fourth-order valence-corrected chi connectivity index (χ4v) is 5.50. The number of amides is 1. The first-order valence-electron chi connectivity index (χ1n) is 8.72. The predicted molar refractivity (Wildman–Crippen MR) is 107 cm³/mol. The zero-order valence-electron chi connectivity index (χ0n) is 15.4. The maximum Gasteiger partial charge on any atom is 0.234 e. The van der Waals surface area contributed by atoms with Crippen molar-refractivity contribution in [1.29, 1.82) is 0 Å². The first-order chi connectivity index (χ1) is 13.3. The van der Waals surface area contributed by atoms with Crippen molar-refractivity contribution in [3.8, 4) is 0 Å². The van der Waals surface area contributed by atoms with Crippen molar-refractivity contribution >= 4 is 33.2 Å². The highest BCUT2D eigenvalue weighted by Crippen LogP contribution is 2.30. The van der Waals surface area contributed by atoms with Crippen LogP contribution in [0.1, 0.15) is 23.7 Å². The van der Waals surface area contributed by atoms with Gasteiger partial charge in [-0.1, -0.05) is 23.9 Å². The van der Waals surface area contributed by atoms with Crippen molar-refractivity contribution in [3.05, 3.63) is 48.1 Å². The van der Waals surface area contributed by atoms with Crippen LogP contribution in [0.4, 0.5) is 10.1 Å². The quantitative estimate of drug-likeness (QED) is 0.542. The van der Waals surface area contributed by atoms with Gasteiger partial charge in [0.05, 0.1) is 17.3 Å². The van der Waals surface area contributed by atoms with Gasteiger partial charge in [0.1, 0.15) is 11.6 Å². The summed E-state index contributed by atoms with van der Waals surface area (Å²) in [5, 5.41) is 11.5. The van der Waals surface area contributed by atoms with Crippen molar-refractivity contribution in [2.24, 2.45) is 0 Å². The molecule has 10 heteroatoms. The second-order valence-corrected chi connectivity index (χ2v) is 9.81. The number of nitrogens with zero attached hydrogens (tertiary/aromatic N) is 3. The average Bonchev–Trinajstić information content (AvgIpc) is 3.19. The summed E-state index contributed by atoms with van der Waals surface area (Å²) in [5.41, 5.74) is 0.893. The molecule has 0 bridgehead atoms. The van der Waals surface area contributed by atoms with Gasteiger partial charge in [0.25, 0.3) is 0 Å². The Balaban J connectivity index is 1.67. The van der Waals surface area contributed by atoms with Crippen molar-refractivity contribution in [2.75, 3.05) is 22.6 Å². The monoisotopic (exact) mass is 424 g/mol. The van der Waals surface area contributed by atoms with E-state index in [-0.39, 0.29) is 34.9 Å². The molecule has 1 aliphatic rings. The number of benzene rings is 1. The summed E-state index contributed by atoms with van der Waals surface area (Å²) in [4.78, 5) is 12.2. The topological polar surface area (TPSA) is 93.9 Å². The van der Waals surface area contributed by atoms with Gasteiger partial charge >= 0.3 is 0 Å². The van der Waals surface area contributed by atoms with Crippen LogP contribution in [0.15, 0.2) is 36.0 Å². The van der Waals surface area contributed by atoms with E-state index < -0.39 is 9.84 Å². The van der Waals surface area contributed by atoms with Gasteiger partial charge in [-0.15, -0.1) is 16.8 Å². The first kappa shape index (κ1) is 20.5. The third kappa shape index (κ3) is 4.79. The fourth-order valence-electron chi connectivity index (χ4n) is 3.01. The van der Waals surface area contributed by atoms with Gasteiger partial charge in [-0.3, -0.25) is 4.79 Å². The zero-order valence-corrected chi connectivity index (χ0v) is 17.0. The van der Waals surface area contributed by atoms with E-state index in [0.29, 0.717) is 35.2 Å². The molecule has 1 atom stereocenters. The maximum atomic E-state index is 13.6. The number of sulfone groups is 1. The highest BCUT2D eigenvalue weighted by molar-refractivity contribution is 7.99. The van der Waals surface area contributed by atoms with E-state index in [4.69, 9.17) is 0 Å². The molecule has 1 fully saturated rings. The molecule has 1 aromatic carbocycles. The number of nitrogens with one attached hydrogen (secondary N) is 1. The number of carbonyl (C=O) groups excluding carboxylic acids is 1. The summed E-state index contributed by atoms with van der Waals surface area (Å²) >= 11 is 1.19. The van der Waals surface area contributed by atoms with Crippen LogP contribution in [0, 0.1) is 12.7 Å². The average molecular weight is 425 g/mol. The molecule has 0 radical (unpaired) electrons. The highest BCUT2D eigenvalue weighted by atomic mass is 32.2. The largest absolute Gasteiger partial charge is 0.325 e. The number of hydrogen-bond acceptors (Lipinski definition) is 6. The van der Waals surface area contributed by atoms with Crippen LogP contribution >= 0.6 is 11.8 Å². The van der Waals surface area contributed by atoms with Gasteiger partial charge < -0.3 is 9.88 Å². The van der Waals surface area contributed by atoms with E-state index >= 15 is 0 Å². The summed E-state index contributed by atoms with van der Waals surface area (Å²) < 4.78 is 38.9. The molecular weight excluding hydrogens is 403 g/mol. The molecule has 0 saturated carbocycles. The summed E-state index contributed by atoms with van der Waals surface area (Å²) in [6.45, 7) is 5.79. The normalized spacial score (nSPS) is 18.1. The molecule has 150 valence electrons. The standard InChI is InChI=1S/C18H21FN4O3S2/c1-3-7-23-17(13-6-8-28(25,26)11-13)21-22-18(23)27-10-16(24)20-14-5-4-12(2)15(19)9-14/h3-5,9,13H,1,6-8,10-11H2,2H3,(H,20,24)/t13-/m0/s1. The van der Waals surface area contributed by atoms with Crippen LogP contribution in [-0.2, 0) is 21.2 Å². The number of rotatable bonds is 7. The molecule has 2 heterocycles. The van der Waals surface area contributed by atoms with Crippen LogP contribution in [-0.4, -0.2) is 46.3 Å². The van der Waals surface area contributed by atoms with Gasteiger partial charge in [0, 0.05) is 18.2 Å².